The molecule has 0 amide bonds. The Morgan fingerprint density at radius 1 is 0.750 bits per heavy atom. The van der Waals surface area contributed by atoms with E-state index >= 15 is 0 Å². The van der Waals surface area contributed by atoms with Gasteiger partial charge in [-0.05, 0) is 55.3 Å². The summed E-state index contributed by atoms with van der Waals surface area (Å²) in [6, 6.07) is 0. The Labute approximate surface area is 130 Å². The smallest absolute Gasteiger partial charge is 0.0295 e. The fourth-order valence-electron chi connectivity index (χ4n) is 4.02. The summed E-state index contributed by atoms with van der Waals surface area (Å²) in [5.74, 6) is 2.60. The zero-order valence-corrected chi connectivity index (χ0v) is 15.6. The summed E-state index contributed by atoms with van der Waals surface area (Å²) < 4.78 is 0. The summed E-state index contributed by atoms with van der Waals surface area (Å²) in [6.45, 7) is 16.8. The molecule has 0 aliphatic rings. The summed E-state index contributed by atoms with van der Waals surface area (Å²) in [7, 11) is 0. The lowest BCUT2D eigenvalue weighted by atomic mass is 9.68. The van der Waals surface area contributed by atoms with Crippen molar-refractivity contribution < 1.29 is 0 Å². The number of hydrogen-bond acceptors (Lipinski definition) is 0. The summed E-state index contributed by atoms with van der Waals surface area (Å²) in [6.07, 6.45) is 12.7. The van der Waals surface area contributed by atoms with E-state index in [2.05, 4.69) is 48.5 Å². The third kappa shape index (κ3) is 7.70. The maximum atomic E-state index is 2.50. The van der Waals surface area contributed by atoms with E-state index in [0.717, 1.165) is 17.8 Å². The van der Waals surface area contributed by atoms with Crippen molar-refractivity contribution in [1.29, 1.82) is 0 Å². The van der Waals surface area contributed by atoms with Crippen LogP contribution in [-0.2, 0) is 0 Å². The van der Waals surface area contributed by atoms with Crippen LogP contribution in [0.15, 0.2) is 0 Å². The van der Waals surface area contributed by atoms with Crippen LogP contribution in [0.2, 0.25) is 0 Å². The average Bonchev–Trinajstić information content (AvgIpc) is 2.36. The first-order valence-electron chi connectivity index (χ1n) is 9.40. The minimum absolute atomic E-state index is 0.648. The fourth-order valence-corrected chi connectivity index (χ4v) is 4.02. The van der Waals surface area contributed by atoms with Gasteiger partial charge in [0.25, 0.3) is 0 Å². The first kappa shape index (κ1) is 20.0. The minimum Gasteiger partial charge on any atom is -0.0654 e. The van der Waals surface area contributed by atoms with Gasteiger partial charge in [0.2, 0.25) is 0 Å². The van der Waals surface area contributed by atoms with E-state index in [1.54, 1.807) is 0 Å². The van der Waals surface area contributed by atoms with E-state index in [1.165, 1.54) is 57.8 Å². The predicted octanol–water partition coefficient (Wildman–Crippen LogP) is 7.47. The first-order chi connectivity index (χ1) is 9.40. The van der Waals surface area contributed by atoms with E-state index in [-0.39, 0.29) is 0 Å². The quantitative estimate of drug-likeness (QED) is 0.348. The zero-order chi connectivity index (χ0) is 15.6. The molecule has 0 saturated carbocycles. The van der Waals surface area contributed by atoms with Gasteiger partial charge >= 0.3 is 0 Å². The molecule has 0 fully saturated rings. The van der Waals surface area contributed by atoms with Crippen LogP contribution >= 0.6 is 0 Å². The highest BCUT2D eigenvalue weighted by atomic mass is 14.4. The van der Waals surface area contributed by atoms with Gasteiger partial charge in [0.05, 0.1) is 0 Å². The summed E-state index contributed by atoms with van der Waals surface area (Å²) >= 11 is 0. The lowest BCUT2D eigenvalue weighted by Gasteiger charge is -2.37. The van der Waals surface area contributed by atoms with Crippen molar-refractivity contribution in [2.45, 2.75) is 106 Å². The van der Waals surface area contributed by atoms with Gasteiger partial charge < -0.3 is 0 Å². The third-order valence-electron chi connectivity index (χ3n) is 5.32. The van der Waals surface area contributed by atoms with Crippen LogP contribution in [-0.4, -0.2) is 0 Å². The van der Waals surface area contributed by atoms with Gasteiger partial charge in [-0.1, -0.05) is 74.1 Å². The largest absolute Gasteiger partial charge is 0.0654 e. The van der Waals surface area contributed by atoms with Crippen LogP contribution in [0.3, 0.4) is 0 Å². The van der Waals surface area contributed by atoms with E-state index in [4.69, 9.17) is 0 Å². The number of rotatable bonds is 12. The molecule has 0 aromatic heterocycles. The van der Waals surface area contributed by atoms with E-state index < -0.39 is 0 Å². The molecule has 2 atom stereocenters. The van der Waals surface area contributed by atoms with Crippen molar-refractivity contribution in [3.05, 3.63) is 0 Å². The van der Waals surface area contributed by atoms with Gasteiger partial charge in [-0.3, -0.25) is 0 Å². The molecule has 0 saturated heterocycles. The molecule has 0 spiro atoms. The normalized spacial score (nSPS) is 15.6. The second-order valence-electron chi connectivity index (χ2n) is 7.87. The summed E-state index contributed by atoms with van der Waals surface area (Å²) in [5, 5.41) is 0. The molecule has 0 aliphatic carbocycles. The summed E-state index contributed by atoms with van der Waals surface area (Å²) in [5.41, 5.74) is 0.648. The molecule has 0 nitrogen and oxygen atoms in total. The van der Waals surface area contributed by atoms with Crippen molar-refractivity contribution in [2.75, 3.05) is 0 Å². The molecule has 0 rings (SSSR count). The minimum atomic E-state index is 0.648. The zero-order valence-electron chi connectivity index (χ0n) is 15.6. The van der Waals surface area contributed by atoms with Crippen molar-refractivity contribution in [1.82, 2.24) is 0 Å². The Morgan fingerprint density at radius 3 is 1.70 bits per heavy atom. The highest BCUT2D eigenvalue weighted by Gasteiger charge is 2.30. The molecule has 0 aliphatic heterocycles. The fraction of sp³-hybridized carbons (Fsp3) is 1.00. The Morgan fingerprint density at radius 2 is 1.30 bits per heavy atom. The molecule has 0 radical (unpaired) electrons. The van der Waals surface area contributed by atoms with Crippen LogP contribution in [0, 0.1) is 23.2 Å². The molecule has 0 aromatic rings. The van der Waals surface area contributed by atoms with Crippen LogP contribution in [0.4, 0.5) is 0 Å². The van der Waals surface area contributed by atoms with Crippen molar-refractivity contribution in [2.24, 2.45) is 23.2 Å². The SMILES string of the molecule is CCCCC(CCC)(CCC)CC(C)CC(C)C(C)C. The Bertz CT molecular complexity index is 210. The lowest BCUT2D eigenvalue weighted by Crippen LogP contribution is -2.25. The maximum absolute atomic E-state index is 2.50. The standard InChI is InChI=1S/C20H42/c1-8-11-14-20(12-9-2,13-10-3)16-18(6)15-19(7)17(4)5/h17-19H,8-16H2,1-7H3. The van der Waals surface area contributed by atoms with Crippen molar-refractivity contribution >= 4 is 0 Å². The van der Waals surface area contributed by atoms with Crippen molar-refractivity contribution in [3.63, 3.8) is 0 Å². The second-order valence-corrected chi connectivity index (χ2v) is 7.87. The Kier molecular flexibility index (Phi) is 10.7. The second kappa shape index (κ2) is 10.7. The highest BCUT2D eigenvalue weighted by Crippen LogP contribution is 2.42. The van der Waals surface area contributed by atoms with E-state index in [9.17, 15) is 0 Å². The Hall–Kier alpha value is 0. The van der Waals surface area contributed by atoms with Gasteiger partial charge in [-0.15, -0.1) is 0 Å². The molecule has 122 valence electrons. The lowest BCUT2D eigenvalue weighted by molar-refractivity contribution is 0.145. The molecule has 0 N–H and O–H groups in total. The van der Waals surface area contributed by atoms with Gasteiger partial charge in [0.1, 0.15) is 0 Å². The van der Waals surface area contributed by atoms with E-state index in [0.29, 0.717) is 5.41 Å². The molecule has 0 aromatic carbocycles. The van der Waals surface area contributed by atoms with Gasteiger partial charge in [0.15, 0.2) is 0 Å². The van der Waals surface area contributed by atoms with Crippen molar-refractivity contribution in [3.8, 4) is 0 Å². The van der Waals surface area contributed by atoms with Crippen LogP contribution in [0.5, 0.6) is 0 Å². The first-order valence-corrected chi connectivity index (χ1v) is 9.40. The van der Waals surface area contributed by atoms with Crippen LogP contribution < -0.4 is 0 Å². The number of unbranched alkanes of at least 4 members (excludes halogenated alkanes) is 1. The highest BCUT2D eigenvalue weighted by molar-refractivity contribution is 4.81. The van der Waals surface area contributed by atoms with Crippen LogP contribution in [0.1, 0.15) is 106 Å². The molecule has 0 heteroatoms. The van der Waals surface area contributed by atoms with Gasteiger partial charge in [0, 0.05) is 0 Å². The van der Waals surface area contributed by atoms with E-state index in [1.807, 2.05) is 0 Å². The average molecular weight is 283 g/mol. The van der Waals surface area contributed by atoms with Crippen LogP contribution in [0.25, 0.3) is 0 Å². The molecular weight excluding hydrogens is 240 g/mol. The predicted molar refractivity (Wildman–Crippen MR) is 94.2 cm³/mol. The van der Waals surface area contributed by atoms with Gasteiger partial charge in [-0.25, -0.2) is 0 Å². The molecule has 0 heterocycles. The Balaban J connectivity index is 4.65. The monoisotopic (exact) mass is 282 g/mol. The molecule has 20 heavy (non-hydrogen) atoms. The molecule has 0 bridgehead atoms. The molecule has 2 unspecified atom stereocenters. The molecular formula is C20H42. The van der Waals surface area contributed by atoms with Gasteiger partial charge in [-0.2, -0.15) is 0 Å². The third-order valence-corrected chi connectivity index (χ3v) is 5.32. The number of hydrogen-bond donors (Lipinski definition) is 0. The summed E-state index contributed by atoms with van der Waals surface area (Å²) in [4.78, 5) is 0. The maximum Gasteiger partial charge on any atom is -0.0295 e. The topological polar surface area (TPSA) is 0 Å².